The van der Waals surface area contributed by atoms with Crippen molar-refractivity contribution in [1.82, 2.24) is 9.97 Å². The van der Waals surface area contributed by atoms with E-state index in [1.807, 2.05) is 34.1 Å². The Balaban J connectivity index is 1.38. The maximum Gasteiger partial charge on any atom is 0.208 e. The molecule has 3 heterocycles. The van der Waals surface area contributed by atoms with Crippen molar-refractivity contribution in [1.29, 1.82) is 0 Å². The first-order valence-electron chi connectivity index (χ1n) is 10.8. The second kappa shape index (κ2) is 8.98. The number of carbonyl (C=O) groups is 1. The van der Waals surface area contributed by atoms with Crippen LogP contribution in [0.25, 0.3) is 0 Å². The molecule has 4 rings (SSSR count). The van der Waals surface area contributed by atoms with Crippen LogP contribution < -0.4 is 14.5 Å². The summed E-state index contributed by atoms with van der Waals surface area (Å²) in [5, 5.41) is 0. The third-order valence-electron chi connectivity index (χ3n) is 5.95. The summed E-state index contributed by atoms with van der Waals surface area (Å²) in [6, 6.07) is 7.93. The van der Waals surface area contributed by atoms with Crippen molar-refractivity contribution < 1.29 is 13.9 Å². The summed E-state index contributed by atoms with van der Waals surface area (Å²) in [6.45, 7) is 6.66. The average molecular weight is 413 g/mol. The number of aromatic nitrogens is 2. The van der Waals surface area contributed by atoms with E-state index < -0.39 is 0 Å². The Labute approximate surface area is 177 Å². The molecule has 0 bridgehead atoms. The number of rotatable bonds is 7. The lowest BCUT2D eigenvalue weighted by Crippen LogP contribution is -2.28. The van der Waals surface area contributed by atoms with Crippen LogP contribution in [0.2, 0.25) is 0 Å². The zero-order valence-electron chi connectivity index (χ0n) is 17.7. The molecule has 1 aromatic heterocycles. The third kappa shape index (κ3) is 4.55. The van der Waals surface area contributed by atoms with Crippen LogP contribution in [0.4, 0.5) is 16.0 Å². The highest BCUT2D eigenvalue weighted by Gasteiger charge is 2.29. The smallest absolute Gasteiger partial charge is 0.208 e. The maximum atomic E-state index is 15.1. The zero-order chi connectivity index (χ0) is 21.1. The van der Waals surface area contributed by atoms with E-state index in [1.54, 1.807) is 6.92 Å². The maximum absolute atomic E-state index is 15.1. The van der Waals surface area contributed by atoms with Gasteiger partial charge in [0.15, 0.2) is 11.6 Å². The standard InChI is InChI=1S/C23H29FN4O2/c1-16(13-17(2)29)18-5-7-19(8-6-18)30-20-9-12-28(14-20)23-21(24)22(25-15-26-23)27-10-3-4-11-27/h5-8,15-16,20H,3-4,9-14H2,1-2H3/t16-,20-/m1/s1. The molecule has 0 spiro atoms. The van der Waals surface area contributed by atoms with Crippen molar-refractivity contribution >= 4 is 17.4 Å². The van der Waals surface area contributed by atoms with Crippen LogP contribution in [0.1, 0.15) is 51.0 Å². The number of anilines is 2. The van der Waals surface area contributed by atoms with Crippen LogP contribution in [-0.2, 0) is 4.79 Å². The molecule has 0 N–H and O–H groups in total. The van der Waals surface area contributed by atoms with Gasteiger partial charge in [-0.2, -0.15) is 4.39 Å². The minimum atomic E-state index is -0.330. The van der Waals surface area contributed by atoms with Crippen molar-refractivity contribution in [3.63, 3.8) is 0 Å². The van der Waals surface area contributed by atoms with E-state index in [0.717, 1.165) is 43.7 Å². The van der Waals surface area contributed by atoms with Crippen LogP contribution >= 0.6 is 0 Å². The lowest BCUT2D eigenvalue weighted by Gasteiger charge is -2.22. The van der Waals surface area contributed by atoms with Crippen LogP contribution in [0.15, 0.2) is 30.6 Å². The molecule has 0 radical (unpaired) electrons. The molecule has 2 fully saturated rings. The van der Waals surface area contributed by atoms with Gasteiger partial charge in [-0.3, -0.25) is 0 Å². The molecule has 2 aliphatic rings. The van der Waals surface area contributed by atoms with Gasteiger partial charge in [-0.05, 0) is 43.4 Å². The Kier molecular flexibility index (Phi) is 6.16. The number of halogens is 1. The molecule has 2 atom stereocenters. The van der Waals surface area contributed by atoms with E-state index in [4.69, 9.17) is 4.74 Å². The SMILES string of the molecule is CC(=O)C[C@@H](C)c1ccc(O[C@@H]2CCN(c3ncnc(N4CCCC4)c3F)C2)cc1. The Hall–Kier alpha value is -2.70. The summed E-state index contributed by atoms with van der Waals surface area (Å²) in [6.07, 6.45) is 4.94. The number of benzene rings is 1. The van der Waals surface area contributed by atoms with Gasteiger partial charge in [-0.1, -0.05) is 19.1 Å². The quantitative estimate of drug-likeness (QED) is 0.686. The molecule has 2 saturated heterocycles. The Morgan fingerprint density at radius 1 is 1.13 bits per heavy atom. The van der Waals surface area contributed by atoms with Crippen LogP contribution in [0.3, 0.4) is 0 Å². The molecule has 7 heteroatoms. The molecule has 160 valence electrons. The van der Waals surface area contributed by atoms with E-state index in [1.165, 1.54) is 6.33 Å². The molecule has 0 aliphatic carbocycles. The summed E-state index contributed by atoms with van der Waals surface area (Å²) < 4.78 is 21.2. The molecule has 2 aliphatic heterocycles. The van der Waals surface area contributed by atoms with Crippen LogP contribution in [0, 0.1) is 5.82 Å². The monoisotopic (exact) mass is 412 g/mol. The molecule has 0 unspecified atom stereocenters. The van der Waals surface area contributed by atoms with Crippen molar-refractivity contribution in [3.8, 4) is 5.75 Å². The Morgan fingerprint density at radius 2 is 1.80 bits per heavy atom. The first-order valence-corrected chi connectivity index (χ1v) is 10.8. The Bertz CT molecular complexity index is 883. The fourth-order valence-corrected chi connectivity index (χ4v) is 4.35. The summed E-state index contributed by atoms with van der Waals surface area (Å²) in [5.74, 6) is 1.64. The van der Waals surface area contributed by atoms with Gasteiger partial charge in [0.2, 0.25) is 5.82 Å². The van der Waals surface area contributed by atoms with Gasteiger partial charge in [0.05, 0.1) is 6.54 Å². The summed E-state index contributed by atoms with van der Waals surface area (Å²) >= 11 is 0. The van der Waals surface area contributed by atoms with Crippen LogP contribution in [0.5, 0.6) is 5.75 Å². The highest BCUT2D eigenvalue weighted by atomic mass is 19.1. The van der Waals surface area contributed by atoms with Crippen molar-refractivity contribution in [2.75, 3.05) is 36.0 Å². The van der Waals surface area contributed by atoms with E-state index in [-0.39, 0.29) is 23.6 Å². The number of Topliss-reactive ketones (excluding diaryl/α,β-unsaturated/α-hetero) is 1. The van der Waals surface area contributed by atoms with Gasteiger partial charge < -0.3 is 19.3 Å². The number of hydrogen-bond donors (Lipinski definition) is 0. The van der Waals surface area contributed by atoms with Gasteiger partial charge in [0.1, 0.15) is 24.0 Å². The highest BCUT2D eigenvalue weighted by Crippen LogP contribution is 2.30. The predicted octanol–water partition coefficient (Wildman–Crippen LogP) is 3.96. The molecule has 0 amide bonds. The van der Waals surface area contributed by atoms with Crippen molar-refractivity contribution in [2.24, 2.45) is 0 Å². The fourth-order valence-electron chi connectivity index (χ4n) is 4.35. The minimum absolute atomic E-state index is 0.0184. The predicted molar refractivity (Wildman–Crippen MR) is 115 cm³/mol. The largest absolute Gasteiger partial charge is 0.489 e. The number of ketones is 1. The molecular formula is C23H29FN4O2. The molecule has 6 nitrogen and oxygen atoms in total. The van der Waals surface area contributed by atoms with E-state index in [0.29, 0.717) is 31.1 Å². The summed E-state index contributed by atoms with van der Waals surface area (Å²) in [4.78, 5) is 23.7. The summed E-state index contributed by atoms with van der Waals surface area (Å²) in [5.41, 5.74) is 1.13. The lowest BCUT2D eigenvalue weighted by molar-refractivity contribution is -0.117. The summed E-state index contributed by atoms with van der Waals surface area (Å²) in [7, 11) is 0. The molecule has 0 saturated carbocycles. The second-order valence-corrected chi connectivity index (χ2v) is 8.38. The molecule has 1 aromatic carbocycles. The minimum Gasteiger partial charge on any atom is -0.489 e. The topological polar surface area (TPSA) is 58.6 Å². The van der Waals surface area contributed by atoms with Gasteiger partial charge >= 0.3 is 0 Å². The third-order valence-corrected chi connectivity index (χ3v) is 5.95. The molecular weight excluding hydrogens is 383 g/mol. The first kappa shape index (κ1) is 20.6. The van der Waals surface area contributed by atoms with Crippen LogP contribution in [-0.4, -0.2) is 48.0 Å². The van der Waals surface area contributed by atoms with E-state index in [2.05, 4.69) is 16.9 Å². The fraction of sp³-hybridized carbons (Fsp3) is 0.522. The Morgan fingerprint density at radius 3 is 2.47 bits per heavy atom. The number of nitrogens with zero attached hydrogens (tertiary/aromatic N) is 4. The second-order valence-electron chi connectivity index (χ2n) is 8.38. The van der Waals surface area contributed by atoms with Gasteiger partial charge in [0, 0.05) is 32.5 Å². The van der Waals surface area contributed by atoms with Gasteiger partial charge in [-0.25, -0.2) is 9.97 Å². The van der Waals surface area contributed by atoms with Crippen molar-refractivity contribution in [2.45, 2.75) is 51.6 Å². The number of carbonyl (C=O) groups excluding carboxylic acids is 1. The number of ether oxygens (including phenoxy) is 1. The normalized spacial score (nSPS) is 19.9. The highest BCUT2D eigenvalue weighted by molar-refractivity contribution is 5.76. The molecule has 30 heavy (non-hydrogen) atoms. The lowest BCUT2D eigenvalue weighted by atomic mass is 9.96. The van der Waals surface area contributed by atoms with Crippen molar-refractivity contribution in [3.05, 3.63) is 42.0 Å². The van der Waals surface area contributed by atoms with E-state index in [9.17, 15) is 4.79 Å². The first-order chi connectivity index (χ1) is 14.5. The van der Waals surface area contributed by atoms with E-state index >= 15 is 4.39 Å². The zero-order valence-corrected chi connectivity index (χ0v) is 17.7. The molecule has 2 aromatic rings. The van der Waals surface area contributed by atoms with Gasteiger partial charge in [0.25, 0.3) is 0 Å². The number of hydrogen-bond acceptors (Lipinski definition) is 6. The average Bonchev–Trinajstić information content (AvgIpc) is 3.40. The van der Waals surface area contributed by atoms with Gasteiger partial charge in [-0.15, -0.1) is 0 Å².